The van der Waals surface area contributed by atoms with Crippen molar-refractivity contribution in [2.45, 2.75) is 4.90 Å². The van der Waals surface area contributed by atoms with Gasteiger partial charge in [-0.2, -0.15) is 5.26 Å². The number of hydrogen-bond donors (Lipinski definition) is 1. The predicted molar refractivity (Wildman–Crippen MR) is 86.3 cm³/mol. The third-order valence-electron chi connectivity index (χ3n) is 3.13. The number of rotatable bonds is 5. The highest BCUT2D eigenvalue weighted by molar-refractivity contribution is 7.92. The van der Waals surface area contributed by atoms with E-state index < -0.39 is 16.0 Å². The van der Waals surface area contributed by atoms with Gasteiger partial charge in [0.05, 0.1) is 30.7 Å². The molecule has 2 aromatic carbocycles. The maximum absolute atomic E-state index is 12.4. The Morgan fingerprint density at radius 3 is 2.54 bits per heavy atom. The molecule has 0 heterocycles. The van der Waals surface area contributed by atoms with E-state index in [2.05, 4.69) is 9.46 Å². The molecule has 2 rings (SSSR count). The van der Waals surface area contributed by atoms with Crippen LogP contribution in [0.5, 0.6) is 5.75 Å². The highest BCUT2D eigenvalue weighted by atomic mass is 32.2. The third-order valence-corrected chi connectivity index (χ3v) is 4.51. The summed E-state index contributed by atoms with van der Waals surface area (Å²) in [4.78, 5) is 11.7. The Morgan fingerprint density at radius 2 is 1.92 bits per heavy atom. The third kappa shape index (κ3) is 3.64. The monoisotopic (exact) mass is 346 g/mol. The molecule has 0 aliphatic carbocycles. The minimum Gasteiger partial charge on any atom is -0.496 e. The lowest BCUT2D eigenvalue weighted by atomic mass is 10.2. The second kappa shape index (κ2) is 7.02. The molecular formula is C16H14N2O5S. The summed E-state index contributed by atoms with van der Waals surface area (Å²) >= 11 is 0. The Hall–Kier alpha value is -3.05. The van der Waals surface area contributed by atoms with Crippen molar-refractivity contribution in [3.63, 3.8) is 0 Å². The van der Waals surface area contributed by atoms with Gasteiger partial charge in [0.1, 0.15) is 11.3 Å². The summed E-state index contributed by atoms with van der Waals surface area (Å²) in [6.07, 6.45) is 0. The maximum atomic E-state index is 12.4. The first-order chi connectivity index (χ1) is 11.4. The molecule has 0 atom stereocenters. The van der Waals surface area contributed by atoms with E-state index in [9.17, 15) is 13.2 Å². The SMILES string of the molecule is COC(=O)c1cc(NS(=O)(=O)c2cccc(C#N)c2)ccc1OC. The number of benzene rings is 2. The molecule has 0 spiro atoms. The molecule has 0 aromatic heterocycles. The van der Waals surface area contributed by atoms with Crippen LogP contribution in [0.4, 0.5) is 5.69 Å². The van der Waals surface area contributed by atoms with E-state index in [1.54, 1.807) is 0 Å². The molecule has 0 fully saturated rings. The van der Waals surface area contributed by atoms with E-state index in [1.165, 1.54) is 56.7 Å². The first-order valence-corrected chi connectivity index (χ1v) is 8.19. The number of anilines is 1. The van der Waals surface area contributed by atoms with Crippen LogP contribution < -0.4 is 9.46 Å². The van der Waals surface area contributed by atoms with Crippen molar-refractivity contribution in [2.24, 2.45) is 0 Å². The summed E-state index contributed by atoms with van der Waals surface area (Å²) in [6, 6.07) is 11.7. The number of carbonyl (C=O) groups excluding carboxylic acids is 1. The summed E-state index contributed by atoms with van der Waals surface area (Å²) in [7, 11) is -1.31. The minimum atomic E-state index is -3.91. The minimum absolute atomic E-state index is 0.0583. The first-order valence-electron chi connectivity index (χ1n) is 6.70. The van der Waals surface area contributed by atoms with Gasteiger partial charge in [-0.05, 0) is 36.4 Å². The number of nitrogens with one attached hydrogen (secondary N) is 1. The number of hydrogen-bond acceptors (Lipinski definition) is 6. The number of nitrogens with zero attached hydrogens (tertiary/aromatic N) is 1. The highest BCUT2D eigenvalue weighted by Crippen LogP contribution is 2.25. The normalized spacial score (nSPS) is 10.5. The molecule has 0 amide bonds. The molecule has 7 nitrogen and oxygen atoms in total. The number of nitriles is 1. The molecule has 24 heavy (non-hydrogen) atoms. The largest absolute Gasteiger partial charge is 0.496 e. The van der Waals surface area contributed by atoms with E-state index >= 15 is 0 Å². The van der Waals surface area contributed by atoms with Gasteiger partial charge < -0.3 is 9.47 Å². The molecule has 0 aliphatic heterocycles. The van der Waals surface area contributed by atoms with Crippen LogP contribution in [0.25, 0.3) is 0 Å². The van der Waals surface area contributed by atoms with Crippen molar-refractivity contribution in [1.29, 1.82) is 5.26 Å². The fourth-order valence-corrected chi connectivity index (χ4v) is 3.08. The van der Waals surface area contributed by atoms with Crippen LogP contribution in [-0.2, 0) is 14.8 Å². The predicted octanol–water partition coefficient (Wildman–Crippen LogP) is 2.15. The topological polar surface area (TPSA) is 105 Å². The molecule has 0 bridgehead atoms. The van der Waals surface area contributed by atoms with Crippen LogP contribution in [0.1, 0.15) is 15.9 Å². The number of methoxy groups -OCH3 is 2. The molecule has 0 saturated carbocycles. The van der Waals surface area contributed by atoms with Gasteiger partial charge in [-0.15, -0.1) is 0 Å². The van der Waals surface area contributed by atoms with Crippen molar-refractivity contribution in [3.8, 4) is 11.8 Å². The van der Waals surface area contributed by atoms with Crippen LogP contribution in [0, 0.1) is 11.3 Å². The summed E-state index contributed by atoms with van der Waals surface area (Å²) in [5.74, 6) is -0.393. The van der Waals surface area contributed by atoms with Gasteiger partial charge in [-0.25, -0.2) is 13.2 Å². The molecule has 0 saturated heterocycles. The summed E-state index contributed by atoms with van der Waals surface area (Å²) < 4.78 is 36.9. The van der Waals surface area contributed by atoms with Crippen molar-refractivity contribution in [1.82, 2.24) is 0 Å². The van der Waals surface area contributed by atoms with Crippen molar-refractivity contribution >= 4 is 21.7 Å². The quantitative estimate of drug-likeness (QED) is 0.832. The van der Waals surface area contributed by atoms with Gasteiger partial charge in [0.2, 0.25) is 0 Å². The molecule has 0 aliphatic rings. The van der Waals surface area contributed by atoms with Crippen LogP contribution in [0.2, 0.25) is 0 Å². The average molecular weight is 346 g/mol. The maximum Gasteiger partial charge on any atom is 0.341 e. The Bertz CT molecular complexity index is 916. The summed E-state index contributed by atoms with van der Waals surface area (Å²) in [5, 5.41) is 8.87. The number of sulfonamides is 1. The van der Waals surface area contributed by atoms with Gasteiger partial charge >= 0.3 is 5.97 Å². The van der Waals surface area contributed by atoms with Crippen molar-refractivity contribution in [2.75, 3.05) is 18.9 Å². The van der Waals surface area contributed by atoms with E-state index in [0.29, 0.717) is 0 Å². The lowest BCUT2D eigenvalue weighted by Crippen LogP contribution is -2.14. The Morgan fingerprint density at radius 1 is 1.17 bits per heavy atom. The molecule has 2 aromatic rings. The Labute approximate surface area is 139 Å². The molecule has 1 N–H and O–H groups in total. The number of esters is 1. The fraction of sp³-hybridized carbons (Fsp3) is 0.125. The molecule has 124 valence electrons. The number of ether oxygens (including phenoxy) is 2. The second-order valence-corrected chi connectivity index (χ2v) is 6.33. The lowest BCUT2D eigenvalue weighted by Gasteiger charge is -2.11. The zero-order valence-corrected chi connectivity index (χ0v) is 13.8. The Balaban J connectivity index is 2.39. The van der Waals surface area contributed by atoms with E-state index in [-0.39, 0.29) is 27.5 Å². The van der Waals surface area contributed by atoms with E-state index in [0.717, 1.165) is 0 Å². The molecule has 0 radical (unpaired) electrons. The fourth-order valence-electron chi connectivity index (χ4n) is 1.99. The Kier molecular flexibility index (Phi) is 5.06. The average Bonchev–Trinajstić information content (AvgIpc) is 2.60. The summed E-state index contributed by atoms with van der Waals surface area (Å²) in [6.45, 7) is 0. The zero-order valence-electron chi connectivity index (χ0n) is 12.9. The molecule has 0 unspecified atom stereocenters. The van der Waals surface area contributed by atoms with Crippen molar-refractivity contribution < 1.29 is 22.7 Å². The zero-order chi connectivity index (χ0) is 17.7. The molecule has 8 heteroatoms. The summed E-state index contributed by atoms with van der Waals surface area (Å²) in [5.41, 5.74) is 0.479. The first kappa shape index (κ1) is 17.3. The highest BCUT2D eigenvalue weighted by Gasteiger charge is 2.18. The van der Waals surface area contributed by atoms with Crippen LogP contribution in [-0.4, -0.2) is 28.6 Å². The van der Waals surface area contributed by atoms with Crippen LogP contribution in [0.3, 0.4) is 0 Å². The molecular weight excluding hydrogens is 332 g/mol. The van der Waals surface area contributed by atoms with Crippen molar-refractivity contribution in [3.05, 3.63) is 53.6 Å². The van der Waals surface area contributed by atoms with Gasteiger partial charge in [-0.1, -0.05) is 6.07 Å². The van der Waals surface area contributed by atoms with Crippen LogP contribution in [0.15, 0.2) is 47.4 Å². The van der Waals surface area contributed by atoms with E-state index in [1.807, 2.05) is 6.07 Å². The smallest absolute Gasteiger partial charge is 0.341 e. The lowest BCUT2D eigenvalue weighted by molar-refractivity contribution is 0.0597. The van der Waals surface area contributed by atoms with Gasteiger partial charge in [0.15, 0.2) is 0 Å². The second-order valence-electron chi connectivity index (χ2n) is 4.65. The standard InChI is InChI=1S/C16H14N2O5S/c1-22-15-7-6-12(9-14(15)16(19)23-2)18-24(20,21)13-5-3-4-11(8-13)10-17/h3-9,18H,1-2H3. The van der Waals surface area contributed by atoms with Crippen LogP contribution >= 0.6 is 0 Å². The van der Waals surface area contributed by atoms with E-state index in [4.69, 9.17) is 10.00 Å². The van der Waals surface area contributed by atoms with Gasteiger partial charge in [-0.3, -0.25) is 4.72 Å². The van der Waals surface area contributed by atoms with Gasteiger partial charge in [0.25, 0.3) is 10.0 Å². The number of carbonyl (C=O) groups is 1. The van der Waals surface area contributed by atoms with Gasteiger partial charge in [0, 0.05) is 5.69 Å².